The van der Waals surface area contributed by atoms with E-state index in [0.717, 1.165) is 5.56 Å². The molecular weight excluding hydrogens is 280 g/mol. The summed E-state index contributed by atoms with van der Waals surface area (Å²) in [7, 11) is 0. The van der Waals surface area contributed by atoms with E-state index in [-0.39, 0.29) is 5.56 Å². The summed E-state index contributed by atoms with van der Waals surface area (Å²) in [5.41, 5.74) is 2.31. The van der Waals surface area contributed by atoms with Crippen LogP contribution in [0.3, 0.4) is 0 Å². The van der Waals surface area contributed by atoms with Gasteiger partial charge >= 0.3 is 0 Å². The Labute approximate surface area is 120 Å². The lowest BCUT2D eigenvalue weighted by molar-refractivity contribution is 0.346. The van der Waals surface area contributed by atoms with Gasteiger partial charge in [-0.05, 0) is 37.7 Å². The molecule has 0 aliphatic carbocycles. The van der Waals surface area contributed by atoms with Crippen LogP contribution in [0, 0.1) is 6.92 Å². The minimum atomic E-state index is -0.0772. The van der Waals surface area contributed by atoms with E-state index in [1.54, 1.807) is 10.6 Å². The first-order valence-corrected chi connectivity index (χ1v) is 7.28. The third kappa shape index (κ3) is 3.54. The first kappa shape index (κ1) is 14.0. The highest BCUT2D eigenvalue weighted by molar-refractivity contribution is 8.22. The van der Waals surface area contributed by atoms with Crippen LogP contribution in [0.15, 0.2) is 29.2 Å². The van der Waals surface area contributed by atoms with Gasteiger partial charge in [0.15, 0.2) is 0 Å². The molecule has 0 atom stereocenters. The Bertz CT molecular complexity index is 667. The topological polar surface area (TPSA) is 43.6 Å². The van der Waals surface area contributed by atoms with Gasteiger partial charge < -0.3 is 4.74 Å². The van der Waals surface area contributed by atoms with Crippen molar-refractivity contribution in [3.63, 3.8) is 0 Å². The molecule has 0 N–H and O–H groups in total. The number of thioether (sulfide) groups is 1. The summed E-state index contributed by atoms with van der Waals surface area (Å²) < 4.78 is 7.21. The molecular formula is C13H14N2O2S2. The van der Waals surface area contributed by atoms with Crippen LogP contribution in [0.25, 0.3) is 5.65 Å². The molecule has 0 fully saturated rings. The fraction of sp³-hybridized carbons (Fsp3) is 0.308. The number of hydrogen-bond acceptors (Lipinski definition) is 5. The minimum absolute atomic E-state index is 0.0772. The Hall–Kier alpha value is -1.40. The average Bonchev–Trinajstić information content (AvgIpc) is 2.38. The van der Waals surface area contributed by atoms with Crippen molar-refractivity contribution in [1.29, 1.82) is 0 Å². The number of ether oxygens (including phenoxy) is 1. The van der Waals surface area contributed by atoms with E-state index in [2.05, 4.69) is 4.98 Å². The quantitative estimate of drug-likeness (QED) is 0.814. The second-order valence-electron chi connectivity index (χ2n) is 3.99. The molecule has 0 spiro atoms. The van der Waals surface area contributed by atoms with Crippen LogP contribution < -0.4 is 5.56 Å². The maximum Gasteiger partial charge on any atom is 0.258 e. The second kappa shape index (κ2) is 6.16. The van der Waals surface area contributed by atoms with Gasteiger partial charge in [-0.1, -0.05) is 17.8 Å². The Balaban J connectivity index is 2.24. The van der Waals surface area contributed by atoms with E-state index in [9.17, 15) is 4.79 Å². The summed E-state index contributed by atoms with van der Waals surface area (Å²) in [5, 5.41) is 0. The van der Waals surface area contributed by atoms with Crippen molar-refractivity contribution >= 4 is 34.0 Å². The molecule has 6 heteroatoms. The van der Waals surface area contributed by atoms with E-state index >= 15 is 0 Å². The van der Waals surface area contributed by atoms with Crippen molar-refractivity contribution < 1.29 is 4.74 Å². The molecule has 0 amide bonds. The number of hydrogen-bond donors (Lipinski definition) is 0. The van der Waals surface area contributed by atoms with E-state index < -0.39 is 0 Å². The normalized spacial score (nSPS) is 10.6. The molecule has 0 aliphatic rings. The van der Waals surface area contributed by atoms with Crippen LogP contribution >= 0.6 is 24.0 Å². The van der Waals surface area contributed by atoms with Gasteiger partial charge in [0.05, 0.1) is 12.3 Å². The monoisotopic (exact) mass is 294 g/mol. The van der Waals surface area contributed by atoms with Crippen molar-refractivity contribution in [3.8, 4) is 0 Å². The van der Waals surface area contributed by atoms with Gasteiger partial charge in [-0.2, -0.15) is 0 Å². The van der Waals surface area contributed by atoms with Gasteiger partial charge in [-0.15, -0.1) is 0 Å². The van der Waals surface area contributed by atoms with Gasteiger partial charge in [0.25, 0.3) is 5.56 Å². The van der Waals surface area contributed by atoms with Crippen molar-refractivity contribution in [3.05, 3.63) is 46.0 Å². The molecule has 0 unspecified atom stereocenters. The highest BCUT2D eigenvalue weighted by atomic mass is 32.2. The maximum atomic E-state index is 12.0. The number of fused-ring (bicyclic) bond motifs is 1. The fourth-order valence-corrected chi connectivity index (χ4v) is 2.53. The summed E-state index contributed by atoms with van der Waals surface area (Å²) in [5.74, 6) is 0.540. The predicted molar refractivity (Wildman–Crippen MR) is 81.7 cm³/mol. The second-order valence-corrected chi connectivity index (χ2v) is 5.57. The summed E-state index contributed by atoms with van der Waals surface area (Å²) in [6, 6.07) is 5.31. The largest absolute Gasteiger partial charge is 0.479 e. The number of nitrogens with zero attached hydrogens (tertiary/aromatic N) is 2. The standard InChI is InChI=1S/C13H14N2O2S2/c1-3-17-13(18)19-8-10-6-12(16)15-7-9(2)4-5-11(15)14-10/h4-7H,3,8H2,1-2H3. The van der Waals surface area contributed by atoms with Gasteiger partial charge in [0, 0.05) is 18.0 Å². The summed E-state index contributed by atoms with van der Waals surface area (Å²) in [6.45, 7) is 4.38. The molecule has 2 aromatic rings. The van der Waals surface area contributed by atoms with E-state index in [4.69, 9.17) is 17.0 Å². The molecule has 0 bridgehead atoms. The van der Waals surface area contributed by atoms with Gasteiger partial charge in [-0.3, -0.25) is 9.20 Å². The van der Waals surface area contributed by atoms with Crippen LogP contribution in [-0.4, -0.2) is 20.4 Å². The number of thiocarbonyl (C=S) groups is 1. The Morgan fingerprint density at radius 2 is 2.32 bits per heavy atom. The Kier molecular flexibility index (Phi) is 4.55. The molecule has 4 nitrogen and oxygen atoms in total. The van der Waals surface area contributed by atoms with E-state index in [1.165, 1.54) is 17.8 Å². The number of rotatable bonds is 3. The molecule has 19 heavy (non-hydrogen) atoms. The zero-order valence-corrected chi connectivity index (χ0v) is 12.4. The van der Waals surface area contributed by atoms with Gasteiger partial charge in [0.2, 0.25) is 4.38 Å². The first-order chi connectivity index (χ1) is 9.10. The Morgan fingerprint density at radius 3 is 3.05 bits per heavy atom. The molecule has 0 saturated carbocycles. The fourth-order valence-electron chi connectivity index (χ4n) is 1.62. The maximum absolute atomic E-state index is 12.0. The van der Waals surface area contributed by atoms with Gasteiger partial charge in [-0.25, -0.2) is 4.98 Å². The van der Waals surface area contributed by atoms with Crippen LogP contribution in [0.4, 0.5) is 0 Å². The zero-order valence-electron chi connectivity index (χ0n) is 10.8. The van der Waals surface area contributed by atoms with Gasteiger partial charge in [0.1, 0.15) is 5.65 Å². The number of pyridine rings is 1. The van der Waals surface area contributed by atoms with Crippen LogP contribution in [0.5, 0.6) is 0 Å². The summed E-state index contributed by atoms with van der Waals surface area (Å²) >= 11 is 6.40. The lowest BCUT2D eigenvalue weighted by Gasteiger charge is -2.06. The van der Waals surface area contributed by atoms with E-state index in [0.29, 0.717) is 28.1 Å². The minimum Gasteiger partial charge on any atom is -0.479 e. The van der Waals surface area contributed by atoms with Crippen molar-refractivity contribution in [2.24, 2.45) is 0 Å². The summed E-state index contributed by atoms with van der Waals surface area (Å²) in [6.07, 6.45) is 1.78. The SMILES string of the molecule is CCOC(=S)SCc1cc(=O)n2cc(C)ccc2n1. The molecule has 0 saturated heterocycles. The average molecular weight is 294 g/mol. The smallest absolute Gasteiger partial charge is 0.258 e. The van der Waals surface area contributed by atoms with Crippen LogP contribution in [0.1, 0.15) is 18.2 Å². The molecule has 0 aliphatic heterocycles. The molecule has 2 rings (SSSR count). The predicted octanol–water partition coefficient (Wildman–Crippen LogP) is 2.56. The lowest BCUT2D eigenvalue weighted by Crippen LogP contribution is -2.15. The van der Waals surface area contributed by atoms with Crippen molar-refractivity contribution in [1.82, 2.24) is 9.38 Å². The van der Waals surface area contributed by atoms with Crippen LogP contribution in [0.2, 0.25) is 0 Å². The van der Waals surface area contributed by atoms with Crippen molar-refractivity contribution in [2.75, 3.05) is 6.61 Å². The van der Waals surface area contributed by atoms with E-state index in [1.807, 2.05) is 26.0 Å². The zero-order chi connectivity index (χ0) is 13.8. The number of aromatic nitrogens is 2. The lowest BCUT2D eigenvalue weighted by atomic mass is 10.3. The molecule has 0 radical (unpaired) electrons. The molecule has 100 valence electrons. The first-order valence-electron chi connectivity index (χ1n) is 5.88. The molecule has 2 aromatic heterocycles. The third-order valence-corrected chi connectivity index (χ3v) is 3.73. The van der Waals surface area contributed by atoms with Crippen LogP contribution in [-0.2, 0) is 10.5 Å². The summed E-state index contributed by atoms with van der Waals surface area (Å²) in [4.78, 5) is 16.4. The number of aryl methyl sites for hydroxylation is 1. The van der Waals surface area contributed by atoms with Crippen molar-refractivity contribution in [2.45, 2.75) is 19.6 Å². The molecule has 0 aromatic carbocycles. The molecule has 2 heterocycles. The highest BCUT2D eigenvalue weighted by Crippen LogP contribution is 2.13. The third-order valence-electron chi connectivity index (χ3n) is 2.46. The highest BCUT2D eigenvalue weighted by Gasteiger charge is 2.05. The Morgan fingerprint density at radius 1 is 1.53 bits per heavy atom.